The van der Waals surface area contributed by atoms with Crippen molar-refractivity contribution in [3.63, 3.8) is 0 Å². The van der Waals surface area contributed by atoms with Crippen LogP contribution >= 0.6 is 35.7 Å². The summed E-state index contributed by atoms with van der Waals surface area (Å²) < 4.78 is 4.86. The number of carbonyl (C=O) groups is 1. The number of nitrogens with one attached hydrogen (secondary N) is 1. The predicted octanol–water partition coefficient (Wildman–Crippen LogP) is 3.70. The number of thioether (sulfide) groups is 1. The highest BCUT2D eigenvalue weighted by Crippen LogP contribution is 2.18. The van der Waals surface area contributed by atoms with E-state index in [0.717, 1.165) is 56.5 Å². The lowest BCUT2D eigenvalue weighted by atomic mass is 9.97. The van der Waals surface area contributed by atoms with Gasteiger partial charge in [-0.15, -0.1) is 24.0 Å². The Kier molecular flexibility index (Phi) is 11.8. The average Bonchev–Trinajstić information content (AvgIpc) is 2.68. The molecule has 0 spiro atoms. The van der Waals surface area contributed by atoms with Gasteiger partial charge < -0.3 is 15.0 Å². The summed E-state index contributed by atoms with van der Waals surface area (Å²) in [5, 5.41) is 3.38. The van der Waals surface area contributed by atoms with Crippen molar-refractivity contribution in [2.45, 2.75) is 32.4 Å². The molecule has 0 amide bonds. The van der Waals surface area contributed by atoms with Crippen LogP contribution in [0.3, 0.4) is 0 Å². The minimum absolute atomic E-state index is 0. The van der Waals surface area contributed by atoms with Crippen LogP contribution in [0.1, 0.15) is 30.9 Å². The van der Waals surface area contributed by atoms with Crippen molar-refractivity contribution in [3.05, 3.63) is 35.4 Å². The molecule has 1 aromatic carbocycles. The van der Waals surface area contributed by atoms with Crippen molar-refractivity contribution in [2.24, 2.45) is 10.9 Å². The van der Waals surface area contributed by atoms with Crippen LogP contribution in [0.2, 0.25) is 0 Å². The summed E-state index contributed by atoms with van der Waals surface area (Å²) in [5.41, 5.74) is 2.66. The van der Waals surface area contributed by atoms with E-state index in [4.69, 9.17) is 9.73 Å². The van der Waals surface area contributed by atoms with E-state index < -0.39 is 0 Å². The Morgan fingerprint density at radius 3 is 2.56 bits per heavy atom. The molecule has 0 saturated carbocycles. The number of esters is 1. The van der Waals surface area contributed by atoms with E-state index in [0.29, 0.717) is 0 Å². The molecule has 0 bridgehead atoms. The molecular formula is C20H32IN3O2S. The third kappa shape index (κ3) is 8.29. The average molecular weight is 505 g/mol. The molecule has 2 rings (SSSR count). The number of ether oxygens (including phenoxy) is 1. The Bertz CT molecular complexity index is 587. The van der Waals surface area contributed by atoms with Crippen molar-refractivity contribution < 1.29 is 9.53 Å². The maximum absolute atomic E-state index is 11.7. The van der Waals surface area contributed by atoms with Gasteiger partial charge in [-0.3, -0.25) is 9.79 Å². The molecule has 152 valence electrons. The molecule has 27 heavy (non-hydrogen) atoms. The van der Waals surface area contributed by atoms with Crippen LogP contribution in [0, 0.1) is 12.8 Å². The van der Waals surface area contributed by atoms with Crippen molar-refractivity contribution in [3.8, 4) is 0 Å². The number of carbonyl (C=O) groups excluding carboxylic acids is 1. The summed E-state index contributed by atoms with van der Waals surface area (Å²) in [6.45, 7) is 7.55. The number of halogens is 1. The second-order valence-electron chi connectivity index (χ2n) is 6.56. The minimum Gasteiger partial charge on any atom is -0.469 e. The number of aliphatic imine (C=N–C) groups is 1. The number of piperidine rings is 1. The van der Waals surface area contributed by atoms with Gasteiger partial charge >= 0.3 is 5.97 Å². The Morgan fingerprint density at radius 2 is 1.96 bits per heavy atom. The van der Waals surface area contributed by atoms with E-state index in [1.54, 1.807) is 0 Å². The quantitative estimate of drug-likeness (QED) is 0.202. The fourth-order valence-electron chi connectivity index (χ4n) is 3.01. The molecule has 0 radical (unpaired) electrons. The number of methoxy groups -OCH3 is 1. The third-order valence-corrected chi connectivity index (χ3v) is 5.56. The lowest BCUT2D eigenvalue weighted by molar-refractivity contribution is -0.146. The highest BCUT2D eigenvalue weighted by Gasteiger charge is 2.26. The maximum Gasteiger partial charge on any atom is 0.308 e. The summed E-state index contributed by atoms with van der Waals surface area (Å²) in [6, 6.07) is 8.72. The molecule has 0 aliphatic carbocycles. The van der Waals surface area contributed by atoms with Crippen LogP contribution in [0.5, 0.6) is 0 Å². The number of hydrogen-bond acceptors (Lipinski definition) is 4. The number of likely N-dealkylation sites (tertiary alicyclic amines) is 1. The highest BCUT2D eigenvalue weighted by atomic mass is 127. The number of guanidine groups is 1. The monoisotopic (exact) mass is 505 g/mol. The minimum atomic E-state index is -0.0842. The molecule has 1 N–H and O–H groups in total. The summed E-state index contributed by atoms with van der Waals surface area (Å²) in [7, 11) is 1.47. The predicted molar refractivity (Wildman–Crippen MR) is 125 cm³/mol. The fraction of sp³-hybridized carbons (Fsp3) is 0.600. The fourth-order valence-corrected chi connectivity index (χ4v) is 3.80. The standard InChI is InChI=1S/C20H31N3O2S.HI/c1-4-21-20(23-12-9-18(10-13-23)19(24)25-3)22-11-14-26-15-17-7-5-16(2)6-8-17;/h5-8,18H,4,9-15H2,1-3H3,(H,21,22);1H. The summed E-state index contributed by atoms with van der Waals surface area (Å²) in [5.74, 6) is 2.94. The van der Waals surface area contributed by atoms with Crippen LogP contribution < -0.4 is 5.32 Å². The molecule has 0 unspecified atom stereocenters. The van der Waals surface area contributed by atoms with E-state index in [-0.39, 0.29) is 35.9 Å². The van der Waals surface area contributed by atoms with Gasteiger partial charge in [0.2, 0.25) is 0 Å². The number of benzene rings is 1. The smallest absolute Gasteiger partial charge is 0.308 e. The number of nitrogens with zero attached hydrogens (tertiary/aromatic N) is 2. The molecule has 1 heterocycles. The lowest BCUT2D eigenvalue weighted by Gasteiger charge is -2.33. The molecule has 5 nitrogen and oxygen atoms in total. The number of rotatable bonds is 7. The van der Waals surface area contributed by atoms with E-state index in [1.807, 2.05) is 11.8 Å². The Morgan fingerprint density at radius 1 is 1.30 bits per heavy atom. The molecule has 1 aliphatic rings. The van der Waals surface area contributed by atoms with E-state index in [9.17, 15) is 4.79 Å². The molecule has 1 fully saturated rings. The van der Waals surface area contributed by atoms with Gasteiger partial charge in [-0.25, -0.2) is 0 Å². The first kappa shape index (κ1) is 24.1. The zero-order valence-electron chi connectivity index (χ0n) is 16.6. The van der Waals surface area contributed by atoms with Gasteiger partial charge in [-0.2, -0.15) is 11.8 Å². The normalized spacial score (nSPS) is 15.2. The van der Waals surface area contributed by atoms with Crippen LogP contribution in [0.25, 0.3) is 0 Å². The molecule has 0 aromatic heterocycles. The Labute approximate surface area is 184 Å². The van der Waals surface area contributed by atoms with Crippen molar-refractivity contribution in [1.29, 1.82) is 0 Å². The van der Waals surface area contributed by atoms with Gasteiger partial charge in [0, 0.05) is 31.1 Å². The third-order valence-electron chi connectivity index (χ3n) is 4.55. The molecule has 1 aromatic rings. The largest absolute Gasteiger partial charge is 0.469 e. The van der Waals surface area contributed by atoms with E-state index in [1.165, 1.54) is 18.2 Å². The zero-order valence-corrected chi connectivity index (χ0v) is 19.7. The first-order chi connectivity index (χ1) is 12.6. The first-order valence-corrected chi connectivity index (χ1v) is 10.5. The van der Waals surface area contributed by atoms with Crippen LogP contribution in [-0.2, 0) is 15.3 Å². The molecule has 1 aliphatic heterocycles. The van der Waals surface area contributed by atoms with Gasteiger partial charge in [0.25, 0.3) is 0 Å². The van der Waals surface area contributed by atoms with Crippen LogP contribution in [0.15, 0.2) is 29.3 Å². The van der Waals surface area contributed by atoms with Crippen LogP contribution in [-0.4, -0.2) is 55.9 Å². The van der Waals surface area contributed by atoms with Crippen LogP contribution in [0.4, 0.5) is 0 Å². The lowest BCUT2D eigenvalue weighted by Crippen LogP contribution is -2.46. The molecule has 0 atom stereocenters. The highest BCUT2D eigenvalue weighted by molar-refractivity contribution is 14.0. The Hall–Kier alpha value is -0.960. The van der Waals surface area contributed by atoms with E-state index in [2.05, 4.69) is 48.3 Å². The van der Waals surface area contributed by atoms with Gasteiger partial charge in [-0.05, 0) is 32.3 Å². The Balaban J connectivity index is 0.00000364. The van der Waals surface area contributed by atoms with E-state index >= 15 is 0 Å². The van der Waals surface area contributed by atoms with Gasteiger partial charge in [0.05, 0.1) is 19.6 Å². The van der Waals surface area contributed by atoms with Crippen molar-refractivity contribution in [2.75, 3.05) is 39.0 Å². The zero-order chi connectivity index (χ0) is 18.8. The molecular weight excluding hydrogens is 473 g/mol. The molecule has 7 heteroatoms. The second kappa shape index (κ2) is 13.3. The first-order valence-electron chi connectivity index (χ1n) is 9.38. The molecule has 1 saturated heterocycles. The number of hydrogen-bond donors (Lipinski definition) is 1. The summed E-state index contributed by atoms with van der Waals surface area (Å²) >= 11 is 1.91. The summed E-state index contributed by atoms with van der Waals surface area (Å²) in [4.78, 5) is 18.7. The van der Waals surface area contributed by atoms with Crippen molar-refractivity contribution in [1.82, 2.24) is 10.2 Å². The van der Waals surface area contributed by atoms with Gasteiger partial charge in [-0.1, -0.05) is 29.8 Å². The topological polar surface area (TPSA) is 53.9 Å². The SMILES string of the molecule is CCNC(=NCCSCc1ccc(C)cc1)N1CCC(C(=O)OC)CC1.I. The summed E-state index contributed by atoms with van der Waals surface area (Å²) in [6.07, 6.45) is 1.67. The van der Waals surface area contributed by atoms with Gasteiger partial charge in [0.1, 0.15) is 0 Å². The van der Waals surface area contributed by atoms with Crippen molar-refractivity contribution >= 4 is 47.7 Å². The van der Waals surface area contributed by atoms with Gasteiger partial charge in [0.15, 0.2) is 5.96 Å². The maximum atomic E-state index is 11.7. The number of aryl methyl sites for hydroxylation is 1. The second-order valence-corrected chi connectivity index (χ2v) is 7.66.